The fourth-order valence-corrected chi connectivity index (χ4v) is 28.9. The summed E-state index contributed by atoms with van der Waals surface area (Å²) in [6.07, 6.45) is 17.3. The first-order valence-corrected chi connectivity index (χ1v) is 20.5. The average molecular weight is 526 g/mol. The third kappa shape index (κ3) is 9.27. The van der Waals surface area contributed by atoms with Gasteiger partial charge in [-0.25, -0.2) is 0 Å². The second-order valence-corrected chi connectivity index (χ2v) is 25.7. The number of unbranched alkanes of at least 4 members (excludes halogenated alkanes) is 11. The normalized spacial score (nSPS) is 13.7. The molecule has 0 bridgehead atoms. The van der Waals surface area contributed by atoms with E-state index in [1.165, 1.54) is 83.6 Å². The summed E-state index contributed by atoms with van der Waals surface area (Å²) in [5, 5.41) is 0. The van der Waals surface area contributed by atoms with E-state index in [0.29, 0.717) is 0 Å². The van der Waals surface area contributed by atoms with Crippen LogP contribution in [0.2, 0.25) is 33.2 Å². The molecule has 0 aromatic carbocycles. The first-order chi connectivity index (χ1) is 16.4. The summed E-state index contributed by atoms with van der Waals surface area (Å²) < 4.78 is 3.39. The van der Waals surface area contributed by atoms with Gasteiger partial charge in [0.25, 0.3) is 0 Å². The van der Waals surface area contributed by atoms with Gasteiger partial charge in [0.1, 0.15) is 16.5 Å². The molecule has 0 aliphatic rings. The molecule has 0 atom stereocenters. The summed E-state index contributed by atoms with van der Waals surface area (Å²) >= 11 is 0. The van der Waals surface area contributed by atoms with Crippen molar-refractivity contribution in [2.45, 2.75) is 200 Å². The van der Waals surface area contributed by atoms with Crippen LogP contribution >= 0.6 is 0 Å². The lowest BCUT2D eigenvalue weighted by atomic mass is 10.1. The van der Waals surface area contributed by atoms with Crippen molar-refractivity contribution >= 4 is 16.5 Å². The molecule has 0 aromatic heterocycles. The van der Waals surface area contributed by atoms with Crippen LogP contribution in [0.4, 0.5) is 0 Å². The van der Waals surface area contributed by atoms with E-state index in [-0.39, 0.29) is 0 Å². The van der Waals surface area contributed by atoms with E-state index in [0.717, 1.165) is 33.2 Å². The molecule has 0 radical (unpaired) electrons. The van der Waals surface area contributed by atoms with Crippen molar-refractivity contribution in [3.63, 3.8) is 0 Å². The molecule has 0 heterocycles. The van der Waals surface area contributed by atoms with Gasteiger partial charge in [0.05, 0.1) is 0 Å². The first-order valence-electron chi connectivity index (χ1n) is 16.1. The van der Waals surface area contributed by atoms with Gasteiger partial charge in [0.15, 0.2) is 0 Å². The Balaban J connectivity index is 5.42. The first kappa shape index (κ1) is 35.4. The monoisotopic (exact) mass is 526 g/mol. The zero-order valence-electron chi connectivity index (χ0n) is 27.1. The Morgan fingerprint density at radius 2 is 0.600 bits per heavy atom. The third-order valence-electron chi connectivity index (χ3n) is 9.72. The standard InChI is InChI=1S/C32H71NSi2/c1-14-15-16-17-18-19-20-21-22-23-24-25-26-33(34(27(2)3,28(4)5)29(6)7)35(30(8)9,31(10)11)32(12)13/h27-32H,14-26H2,1-13H3. The highest BCUT2D eigenvalue weighted by Gasteiger charge is 2.58. The van der Waals surface area contributed by atoms with Gasteiger partial charge in [-0.3, -0.25) is 0 Å². The maximum Gasteiger partial charge on any atom is 0.129 e. The lowest BCUT2D eigenvalue weighted by Gasteiger charge is -2.63. The Morgan fingerprint density at radius 1 is 0.371 bits per heavy atom. The molecule has 0 amide bonds. The molecule has 0 saturated carbocycles. The number of hydrogen-bond acceptors (Lipinski definition) is 1. The Bertz CT molecular complexity index is 434. The summed E-state index contributed by atoms with van der Waals surface area (Å²) in [5.74, 6) is 0. The average Bonchev–Trinajstić information content (AvgIpc) is 2.73. The largest absolute Gasteiger partial charge is 0.344 e. The molecule has 0 rings (SSSR count). The summed E-state index contributed by atoms with van der Waals surface area (Å²) in [6.45, 7) is 34.7. The van der Waals surface area contributed by atoms with E-state index in [1.807, 2.05) is 0 Å². The van der Waals surface area contributed by atoms with Crippen molar-refractivity contribution in [3.05, 3.63) is 0 Å². The van der Waals surface area contributed by atoms with Gasteiger partial charge in [-0.1, -0.05) is 161 Å². The molecule has 0 unspecified atom stereocenters. The van der Waals surface area contributed by atoms with Crippen LogP contribution in [0.15, 0.2) is 0 Å². The van der Waals surface area contributed by atoms with Crippen LogP contribution in [0.5, 0.6) is 0 Å². The van der Waals surface area contributed by atoms with E-state index < -0.39 is 16.5 Å². The Hall–Kier alpha value is 0.394. The molecule has 0 fully saturated rings. The number of rotatable bonds is 21. The van der Waals surface area contributed by atoms with E-state index >= 15 is 0 Å². The Kier molecular flexibility index (Phi) is 18.0. The van der Waals surface area contributed by atoms with Gasteiger partial charge < -0.3 is 4.23 Å². The van der Waals surface area contributed by atoms with Crippen molar-refractivity contribution in [2.24, 2.45) is 0 Å². The highest BCUT2D eigenvalue weighted by atomic mass is 28.4. The van der Waals surface area contributed by atoms with E-state index in [1.54, 1.807) is 0 Å². The summed E-state index contributed by atoms with van der Waals surface area (Å²) in [6, 6.07) is 0. The minimum Gasteiger partial charge on any atom is -0.344 e. The minimum atomic E-state index is -1.69. The lowest BCUT2D eigenvalue weighted by Crippen LogP contribution is -2.73. The maximum absolute atomic E-state index is 3.39. The van der Waals surface area contributed by atoms with E-state index in [9.17, 15) is 0 Å². The molecule has 35 heavy (non-hydrogen) atoms. The van der Waals surface area contributed by atoms with Crippen LogP contribution in [-0.2, 0) is 0 Å². The number of nitrogens with zero attached hydrogens (tertiary/aromatic N) is 1. The second-order valence-electron chi connectivity index (χ2n) is 13.7. The molecule has 0 aliphatic heterocycles. The zero-order chi connectivity index (χ0) is 27.2. The third-order valence-corrected chi connectivity index (χ3v) is 25.5. The quantitative estimate of drug-likeness (QED) is 0.106. The van der Waals surface area contributed by atoms with Gasteiger partial charge in [-0.2, -0.15) is 0 Å². The van der Waals surface area contributed by atoms with Crippen molar-refractivity contribution in [2.75, 3.05) is 6.54 Å². The highest BCUT2D eigenvalue weighted by molar-refractivity contribution is 6.96. The fourth-order valence-electron chi connectivity index (χ4n) is 8.70. The van der Waals surface area contributed by atoms with Crippen LogP contribution in [0, 0.1) is 0 Å². The second kappa shape index (κ2) is 17.8. The van der Waals surface area contributed by atoms with Crippen LogP contribution < -0.4 is 0 Å². The summed E-state index contributed by atoms with van der Waals surface area (Å²) in [4.78, 5) is 0. The molecule has 212 valence electrons. The predicted molar refractivity (Wildman–Crippen MR) is 170 cm³/mol. The van der Waals surface area contributed by atoms with Crippen molar-refractivity contribution in [1.29, 1.82) is 0 Å². The van der Waals surface area contributed by atoms with Crippen LogP contribution in [-0.4, -0.2) is 27.2 Å². The van der Waals surface area contributed by atoms with Gasteiger partial charge >= 0.3 is 0 Å². The molecule has 3 heteroatoms. The number of hydrogen-bond donors (Lipinski definition) is 0. The van der Waals surface area contributed by atoms with Crippen molar-refractivity contribution in [1.82, 2.24) is 4.23 Å². The van der Waals surface area contributed by atoms with Crippen LogP contribution in [0.25, 0.3) is 0 Å². The van der Waals surface area contributed by atoms with Gasteiger partial charge in [0.2, 0.25) is 0 Å². The van der Waals surface area contributed by atoms with E-state index in [2.05, 4.69) is 94.2 Å². The molecular weight excluding hydrogens is 455 g/mol. The molecule has 0 saturated heterocycles. The van der Waals surface area contributed by atoms with Gasteiger partial charge in [-0.05, 0) is 46.2 Å². The van der Waals surface area contributed by atoms with E-state index in [4.69, 9.17) is 0 Å². The molecule has 1 nitrogen and oxygen atoms in total. The molecule has 0 spiro atoms. The summed E-state index contributed by atoms with van der Waals surface area (Å²) in [7, 11) is -3.37. The van der Waals surface area contributed by atoms with Crippen LogP contribution in [0.3, 0.4) is 0 Å². The van der Waals surface area contributed by atoms with Crippen molar-refractivity contribution < 1.29 is 0 Å². The topological polar surface area (TPSA) is 3.24 Å². The summed E-state index contributed by atoms with van der Waals surface area (Å²) in [5.41, 5.74) is 4.85. The van der Waals surface area contributed by atoms with Crippen LogP contribution in [0.1, 0.15) is 167 Å². The highest BCUT2D eigenvalue weighted by Crippen LogP contribution is 2.53. The fraction of sp³-hybridized carbons (Fsp3) is 1.00. The predicted octanol–water partition coefficient (Wildman–Crippen LogP) is 12.3. The zero-order valence-corrected chi connectivity index (χ0v) is 29.1. The Labute approximate surface area is 227 Å². The molecule has 0 aliphatic carbocycles. The Morgan fingerprint density at radius 3 is 0.829 bits per heavy atom. The van der Waals surface area contributed by atoms with Gasteiger partial charge in [-0.15, -0.1) is 0 Å². The molecular formula is C32H71NSi2. The molecule has 0 aromatic rings. The van der Waals surface area contributed by atoms with Crippen molar-refractivity contribution in [3.8, 4) is 0 Å². The molecule has 0 N–H and O–H groups in total. The maximum atomic E-state index is 3.39. The lowest BCUT2D eigenvalue weighted by molar-refractivity contribution is 0.466. The minimum absolute atomic E-state index is 0.808. The van der Waals surface area contributed by atoms with Gasteiger partial charge in [0, 0.05) is 0 Å². The smallest absolute Gasteiger partial charge is 0.129 e. The SMILES string of the molecule is CCCCCCCCCCCCCCN([Si](C(C)C)(C(C)C)C(C)C)[Si](C(C)C)(C(C)C)C(C)C.